The van der Waals surface area contributed by atoms with Gasteiger partial charge in [0, 0.05) is 31.6 Å². The molecule has 208 valence electrons. The van der Waals surface area contributed by atoms with Crippen molar-refractivity contribution in [1.82, 2.24) is 34.9 Å². The number of halogens is 4. The summed E-state index contributed by atoms with van der Waals surface area (Å²) in [6, 6.07) is 5.37. The molecule has 13 nitrogen and oxygen atoms in total. The summed E-state index contributed by atoms with van der Waals surface area (Å²) in [4.78, 5) is 12.3. The van der Waals surface area contributed by atoms with Crippen LogP contribution in [0.3, 0.4) is 0 Å². The minimum absolute atomic E-state index is 0.00791. The molecule has 39 heavy (non-hydrogen) atoms. The van der Waals surface area contributed by atoms with Gasteiger partial charge in [-0.3, -0.25) is 9.29 Å². The third-order valence-corrected chi connectivity index (χ3v) is 7.26. The number of anilines is 1. The smallest absolute Gasteiger partial charge is 0.436 e. The Morgan fingerprint density at radius 3 is 2.51 bits per heavy atom. The van der Waals surface area contributed by atoms with Crippen LogP contribution in [0, 0.1) is 0 Å². The highest BCUT2D eigenvalue weighted by atomic mass is 35.5. The molecule has 0 saturated carbocycles. The molecule has 4 aromatic heterocycles. The van der Waals surface area contributed by atoms with E-state index in [0.717, 1.165) is 0 Å². The molecular weight excluding hydrogens is 569 g/mol. The van der Waals surface area contributed by atoms with Gasteiger partial charge in [0.25, 0.3) is 0 Å². The van der Waals surface area contributed by atoms with Crippen LogP contribution in [0.25, 0.3) is 11.5 Å². The highest BCUT2D eigenvalue weighted by molar-refractivity contribution is 7.93. The van der Waals surface area contributed by atoms with E-state index in [1.165, 1.54) is 44.2 Å². The largest absolute Gasteiger partial charge is 0.481 e. The fraction of sp³-hybridized carbons (Fsp3) is 0.333. The zero-order valence-corrected chi connectivity index (χ0v) is 22.0. The number of nitrogens with zero attached hydrogens (tertiary/aromatic N) is 7. The second-order valence-corrected chi connectivity index (χ2v) is 10.4. The number of methoxy groups -OCH3 is 2. The molecule has 4 rings (SSSR count). The lowest BCUT2D eigenvalue weighted by Crippen LogP contribution is -2.33. The molecule has 0 aliphatic rings. The Hall–Kier alpha value is -3.83. The first kappa shape index (κ1) is 28.2. The molecule has 0 bridgehead atoms. The number of ether oxygens (including phenoxy) is 2. The number of pyridine rings is 1. The zero-order valence-electron chi connectivity index (χ0n) is 20.4. The van der Waals surface area contributed by atoms with Crippen molar-refractivity contribution in [2.45, 2.75) is 31.0 Å². The number of rotatable bonds is 10. The highest BCUT2D eigenvalue weighted by Gasteiger charge is 2.36. The van der Waals surface area contributed by atoms with Gasteiger partial charge in [-0.15, -0.1) is 10.2 Å². The molecule has 0 radical (unpaired) electrons. The molecule has 0 spiro atoms. The molecule has 0 aromatic carbocycles. The van der Waals surface area contributed by atoms with Crippen molar-refractivity contribution in [2.24, 2.45) is 0 Å². The third-order valence-electron chi connectivity index (χ3n) is 5.37. The Morgan fingerprint density at radius 1 is 1.18 bits per heavy atom. The Morgan fingerprint density at radius 2 is 1.90 bits per heavy atom. The molecule has 4 heterocycles. The predicted octanol–water partition coefficient (Wildman–Crippen LogP) is 3.37. The summed E-state index contributed by atoms with van der Waals surface area (Å²) in [5, 5.41) is 9.92. The van der Waals surface area contributed by atoms with Crippen LogP contribution in [-0.4, -0.2) is 62.8 Å². The van der Waals surface area contributed by atoms with E-state index in [1.807, 2.05) is 0 Å². The van der Waals surface area contributed by atoms with E-state index < -0.39 is 39.8 Å². The normalized spacial score (nSPS) is 13.7. The van der Waals surface area contributed by atoms with Crippen LogP contribution >= 0.6 is 11.6 Å². The molecule has 1 N–H and O–H groups in total. The maximum absolute atomic E-state index is 13.4. The van der Waals surface area contributed by atoms with Gasteiger partial charge in [-0.25, -0.2) is 23.4 Å². The third kappa shape index (κ3) is 6.26. The second-order valence-electron chi connectivity index (χ2n) is 7.94. The summed E-state index contributed by atoms with van der Waals surface area (Å²) >= 11 is 5.82. The fourth-order valence-electron chi connectivity index (χ4n) is 3.41. The first-order chi connectivity index (χ1) is 18.4. The van der Waals surface area contributed by atoms with Gasteiger partial charge in [-0.2, -0.15) is 13.2 Å². The minimum Gasteiger partial charge on any atom is -0.481 e. The van der Waals surface area contributed by atoms with Gasteiger partial charge >= 0.3 is 6.18 Å². The summed E-state index contributed by atoms with van der Waals surface area (Å²) < 4.78 is 84.7. The summed E-state index contributed by atoms with van der Waals surface area (Å²) in [7, 11) is -1.61. The molecule has 18 heteroatoms. The second kappa shape index (κ2) is 11.1. The fourth-order valence-corrected chi connectivity index (χ4v) is 4.65. The van der Waals surface area contributed by atoms with Crippen molar-refractivity contribution in [1.29, 1.82) is 0 Å². The summed E-state index contributed by atoms with van der Waals surface area (Å²) in [5.41, 5.74) is -1.06. The molecule has 2 atom stereocenters. The summed E-state index contributed by atoms with van der Waals surface area (Å²) in [6.07, 6.45) is -3.27. The lowest BCUT2D eigenvalue weighted by molar-refractivity contribution is -0.142. The van der Waals surface area contributed by atoms with Gasteiger partial charge in [0.2, 0.25) is 21.9 Å². The van der Waals surface area contributed by atoms with Crippen molar-refractivity contribution in [3.8, 4) is 17.4 Å². The van der Waals surface area contributed by atoms with Crippen molar-refractivity contribution >= 4 is 27.6 Å². The van der Waals surface area contributed by atoms with Crippen molar-refractivity contribution in [3.05, 3.63) is 59.0 Å². The average molecular weight is 589 g/mol. The van der Waals surface area contributed by atoms with Crippen molar-refractivity contribution in [2.75, 3.05) is 18.9 Å². The highest BCUT2D eigenvalue weighted by Crippen LogP contribution is 2.30. The van der Waals surface area contributed by atoms with Crippen LogP contribution in [0.5, 0.6) is 5.88 Å². The molecule has 0 unspecified atom stereocenters. The summed E-state index contributed by atoms with van der Waals surface area (Å²) in [5.74, 6) is -0.303. The van der Waals surface area contributed by atoms with Crippen LogP contribution in [0.2, 0.25) is 5.02 Å². The predicted molar refractivity (Wildman–Crippen MR) is 129 cm³/mol. The summed E-state index contributed by atoms with van der Waals surface area (Å²) in [6.45, 7) is 0.927. The first-order valence-electron chi connectivity index (χ1n) is 10.9. The monoisotopic (exact) mass is 588 g/mol. The van der Waals surface area contributed by atoms with Crippen LogP contribution in [-0.2, 0) is 27.5 Å². The number of alkyl halides is 3. The van der Waals surface area contributed by atoms with Gasteiger partial charge in [-0.05, 0) is 13.0 Å². The van der Waals surface area contributed by atoms with E-state index >= 15 is 0 Å². The Kier molecular flexibility index (Phi) is 8.03. The Balaban J connectivity index is 1.72. The molecule has 0 aliphatic heterocycles. The number of hydrogen-bond donors (Lipinski definition) is 1. The van der Waals surface area contributed by atoms with E-state index in [9.17, 15) is 21.6 Å². The molecule has 0 fully saturated rings. The topological polar surface area (TPSA) is 160 Å². The molecular formula is C21H20ClF3N8O5S. The Bertz CT molecular complexity index is 1550. The van der Waals surface area contributed by atoms with Crippen LogP contribution in [0.15, 0.2) is 41.2 Å². The van der Waals surface area contributed by atoms with E-state index in [-0.39, 0.29) is 40.0 Å². The maximum Gasteiger partial charge on any atom is 0.436 e. The molecule has 4 aromatic rings. The van der Waals surface area contributed by atoms with E-state index in [4.69, 9.17) is 25.6 Å². The molecule has 0 saturated heterocycles. The van der Waals surface area contributed by atoms with Crippen LogP contribution in [0.4, 0.5) is 19.1 Å². The lowest BCUT2D eigenvalue weighted by atomic mass is 10.2. The molecule has 0 amide bonds. The SMILES string of the molecule is COc1cccc(-c2nnc(NS(=O)(=O)[C@@H](C)[C@H](OC)c3ncc(Cl)cn3)n2Cc2cc(C(F)(F)F)no2)n1. The van der Waals surface area contributed by atoms with E-state index in [2.05, 4.69) is 35.0 Å². The standard InChI is InChI=1S/C21H20ClF3N8O5S/c1-11(17(37-3)18-26-8-12(22)9-27-18)39(34,35)32-20-30-29-19(14-5-4-6-16(28-14)36-2)33(20)10-13-7-15(31-38-13)21(23,24)25/h4-9,11,17H,10H2,1-3H3,(H,30,32)/t11-,17-/m0/s1. The Labute approximate surface area is 224 Å². The molecule has 0 aliphatic carbocycles. The number of nitrogens with one attached hydrogen (secondary N) is 1. The van der Waals surface area contributed by atoms with E-state index in [0.29, 0.717) is 6.07 Å². The average Bonchev–Trinajstić information content (AvgIpc) is 3.53. The minimum atomic E-state index is -4.75. The van der Waals surface area contributed by atoms with Gasteiger partial charge in [0.1, 0.15) is 17.0 Å². The van der Waals surface area contributed by atoms with Gasteiger partial charge in [0.05, 0.1) is 18.7 Å². The number of sulfonamides is 1. The van der Waals surface area contributed by atoms with E-state index in [1.54, 1.807) is 12.1 Å². The van der Waals surface area contributed by atoms with Gasteiger partial charge in [-0.1, -0.05) is 22.8 Å². The maximum atomic E-state index is 13.4. The van der Waals surface area contributed by atoms with Crippen LogP contribution in [0.1, 0.15) is 30.3 Å². The van der Waals surface area contributed by atoms with Gasteiger partial charge < -0.3 is 14.0 Å². The zero-order chi connectivity index (χ0) is 28.4. The van der Waals surface area contributed by atoms with Crippen molar-refractivity contribution in [3.63, 3.8) is 0 Å². The first-order valence-corrected chi connectivity index (χ1v) is 12.8. The van der Waals surface area contributed by atoms with Gasteiger partial charge in [0.15, 0.2) is 23.1 Å². The number of aromatic nitrogens is 7. The lowest BCUT2D eigenvalue weighted by Gasteiger charge is -2.22. The van der Waals surface area contributed by atoms with Crippen molar-refractivity contribution < 1.29 is 35.6 Å². The quantitative estimate of drug-likeness (QED) is 0.289. The number of hydrogen-bond acceptors (Lipinski definition) is 11. The van der Waals surface area contributed by atoms with Crippen LogP contribution < -0.4 is 9.46 Å².